The molecular weight excluding hydrogens is 390 g/mol. The first-order valence-electron chi connectivity index (χ1n) is 9.57. The minimum absolute atomic E-state index is 0.0381. The van der Waals surface area contributed by atoms with E-state index in [-0.39, 0.29) is 24.3 Å². The number of amides is 2. The Kier molecular flexibility index (Phi) is 5.48. The molecule has 2 amide bonds. The monoisotopic (exact) mass is 413 g/mol. The Hall–Kier alpha value is -2.94. The number of piperidine rings is 1. The summed E-state index contributed by atoms with van der Waals surface area (Å²) in [5.74, 6) is 1.16. The van der Waals surface area contributed by atoms with E-state index in [0.717, 1.165) is 17.7 Å². The van der Waals surface area contributed by atoms with Crippen LogP contribution < -0.4 is 5.32 Å². The van der Waals surface area contributed by atoms with E-state index in [1.54, 1.807) is 35.5 Å². The molecule has 0 spiro atoms. The van der Waals surface area contributed by atoms with Gasteiger partial charge in [0.2, 0.25) is 11.8 Å². The maximum Gasteiger partial charge on any atom is 0.254 e. The highest BCUT2D eigenvalue weighted by molar-refractivity contribution is 7.13. The zero-order valence-corrected chi connectivity index (χ0v) is 17.2. The Morgan fingerprint density at radius 1 is 1.34 bits per heavy atom. The normalized spacial score (nSPS) is 14.9. The highest BCUT2D eigenvalue weighted by atomic mass is 32.1. The molecule has 0 radical (unpaired) electrons. The van der Waals surface area contributed by atoms with Crippen molar-refractivity contribution in [3.63, 3.8) is 0 Å². The number of likely N-dealkylation sites (tertiary alicyclic amines) is 1. The van der Waals surface area contributed by atoms with Gasteiger partial charge in [-0.25, -0.2) is 4.98 Å². The van der Waals surface area contributed by atoms with E-state index in [1.165, 1.54) is 0 Å². The highest BCUT2D eigenvalue weighted by Crippen LogP contribution is 2.26. The molecule has 1 aliphatic heterocycles. The van der Waals surface area contributed by atoms with E-state index >= 15 is 0 Å². The van der Waals surface area contributed by atoms with Gasteiger partial charge < -0.3 is 14.6 Å². The van der Waals surface area contributed by atoms with Crippen molar-refractivity contribution in [3.8, 4) is 10.8 Å². The molecule has 3 aromatic rings. The summed E-state index contributed by atoms with van der Waals surface area (Å²) in [6, 6.07) is 3.96. The van der Waals surface area contributed by atoms with Crippen molar-refractivity contribution in [1.29, 1.82) is 0 Å². The van der Waals surface area contributed by atoms with Gasteiger partial charge in [-0.15, -0.1) is 11.3 Å². The molecule has 9 heteroatoms. The molecule has 4 heterocycles. The molecule has 0 aromatic carbocycles. The van der Waals surface area contributed by atoms with Crippen LogP contribution in [0.1, 0.15) is 34.7 Å². The number of hydrogen-bond donors (Lipinski definition) is 1. The van der Waals surface area contributed by atoms with Crippen LogP contribution in [-0.2, 0) is 18.3 Å². The SMILES string of the molecule is Cc1oc(-c2cccs2)nc1CC(=O)N1CCC(NC(=O)c2cnn(C)c2)CC1. The van der Waals surface area contributed by atoms with Crippen LogP contribution in [0.4, 0.5) is 0 Å². The first-order chi connectivity index (χ1) is 14.0. The molecule has 152 valence electrons. The molecule has 0 bridgehead atoms. The fraction of sp³-hybridized carbons (Fsp3) is 0.400. The summed E-state index contributed by atoms with van der Waals surface area (Å²) in [7, 11) is 1.78. The Bertz CT molecular complexity index is 999. The number of aryl methyl sites for hydroxylation is 2. The minimum atomic E-state index is -0.123. The zero-order valence-electron chi connectivity index (χ0n) is 16.4. The molecule has 1 saturated heterocycles. The van der Waals surface area contributed by atoms with Gasteiger partial charge in [0.05, 0.1) is 28.8 Å². The number of nitrogens with zero attached hydrogens (tertiary/aromatic N) is 4. The van der Waals surface area contributed by atoms with Crippen molar-refractivity contribution in [2.24, 2.45) is 7.05 Å². The molecular formula is C20H23N5O3S. The number of aromatic nitrogens is 3. The van der Waals surface area contributed by atoms with Crippen LogP contribution in [0.2, 0.25) is 0 Å². The van der Waals surface area contributed by atoms with Gasteiger partial charge in [0, 0.05) is 32.4 Å². The number of rotatable bonds is 5. The van der Waals surface area contributed by atoms with Gasteiger partial charge in [-0.2, -0.15) is 5.10 Å². The van der Waals surface area contributed by atoms with Crippen molar-refractivity contribution in [3.05, 3.63) is 46.9 Å². The Morgan fingerprint density at radius 3 is 2.79 bits per heavy atom. The van der Waals surface area contributed by atoms with Gasteiger partial charge in [-0.05, 0) is 31.2 Å². The molecule has 1 fully saturated rings. The lowest BCUT2D eigenvalue weighted by Crippen LogP contribution is -2.47. The van der Waals surface area contributed by atoms with E-state index in [0.29, 0.717) is 36.0 Å². The second-order valence-electron chi connectivity index (χ2n) is 7.21. The number of carbonyl (C=O) groups excluding carboxylic acids is 2. The molecule has 0 unspecified atom stereocenters. The maximum absolute atomic E-state index is 12.7. The summed E-state index contributed by atoms with van der Waals surface area (Å²) in [5, 5.41) is 9.02. The summed E-state index contributed by atoms with van der Waals surface area (Å²) >= 11 is 1.56. The van der Waals surface area contributed by atoms with Gasteiger partial charge in [0.15, 0.2) is 0 Å². The summed E-state index contributed by atoms with van der Waals surface area (Å²) in [6.07, 6.45) is 4.94. The van der Waals surface area contributed by atoms with E-state index in [2.05, 4.69) is 15.4 Å². The summed E-state index contributed by atoms with van der Waals surface area (Å²) in [6.45, 7) is 3.07. The van der Waals surface area contributed by atoms with Gasteiger partial charge in [0.1, 0.15) is 5.76 Å². The Morgan fingerprint density at radius 2 is 2.14 bits per heavy atom. The number of nitrogens with one attached hydrogen (secondary N) is 1. The third-order valence-corrected chi connectivity index (χ3v) is 5.95. The van der Waals surface area contributed by atoms with E-state index in [9.17, 15) is 9.59 Å². The number of oxazole rings is 1. The average molecular weight is 414 g/mol. The molecule has 0 atom stereocenters. The Labute approximate surface area is 172 Å². The molecule has 3 aromatic heterocycles. The second kappa shape index (κ2) is 8.20. The van der Waals surface area contributed by atoms with Crippen molar-refractivity contribution in [1.82, 2.24) is 25.0 Å². The third kappa shape index (κ3) is 4.40. The van der Waals surface area contributed by atoms with Crippen LogP contribution in [0.25, 0.3) is 10.8 Å². The molecule has 0 saturated carbocycles. The standard InChI is InChI=1S/C20H23N5O3S/c1-13-16(23-20(28-13)17-4-3-9-29-17)10-18(26)25-7-5-15(6-8-25)22-19(27)14-11-21-24(2)12-14/h3-4,9,11-12,15H,5-8,10H2,1-2H3,(H,22,27). The first kappa shape index (κ1) is 19.4. The molecule has 1 aliphatic rings. The van der Waals surface area contributed by atoms with Crippen LogP contribution in [0.5, 0.6) is 0 Å². The van der Waals surface area contributed by atoms with Gasteiger partial charge in [-0.1, -0.05) is 6.07 Å². The lowest BCUT2D eigenvalue weighted by atomic mass is 10.0. The molecule has 29 heavy (non-hydrogen) atoms. The van der Waals surface area contributed by atoms with E-state index in [4.69, 9.17) is 4.42 Å². The molecule has 4 rings (SSSR count). The fourth-order valence-electron chi connectivity index (χ4n) is 3.43. The highest BCUT2D eigenvalue weighted by Gasteiger charge is 2.26. The van der Waals surface area contributed by atoms with Crippen molar-refractivity contribution >= 4 is 23.2 Å². The van der Waals surface area contributed by atoms with Gasteiger partial charge in [0.25, 0.3) is 5.91 Å². The average Bonchev–Trinajstić information content (AvgIpc) is 3.44. The zero-order chi connectivity index (χ0) is 20.4. The van der Waals surface area contributed by atoms with E-state index < -0.39 is 0 Å². The van der Waals surface area contributed by atoms with E-state index in [1.807, 2.05) is 29.3 Å². The van der Waals surface area contributed by atoms with Crippen LogP contribution in [0, 0.1) is 6.92 Å². The first-order valence-corrected chi connectivity index (χ1v) is 10.4. The van der Waals surface area contributed by atoms with Crippen molar-refractivity contribution in [2.75, 3.05) is 13.1 Å². The van der Waals surface area contributed by atoms with Crippen LogP contribution in [0.15, 0.2) is 34.3 Å². The predicted molar refractivity (Wildman–Crippen MR) is 109 cm³/mol. The minimum Gasteiger partial charge on any atom is -0.440 e. The largest absolute Gasteiger partial charge is 0.440 e. The van der Waals surface area contributed by atoms with Gasteiger partial charge >= 0.3 is 0 Å². The van der Waals surface area contributed by atoms with Crippen molar-refractivity contribution in [2.45, 2.75) is 32.2 Å². The van der Waals surface area contributed by atoms with Crippen molar-refractivity contribution < 1.29 is 14.0 Å². The van der Waals surface area contributed by atoms with Crippen LogP contribution in [0.3, 0.4) is 0 Å². The third-order valence-electron chi connectivity index (χ3n) is 5.09. The molecule has 0 aliphatic carbocycles. The second-order valence-corrected chi connectivity index (χ2v) is 8.15. The molecule has 1 N–H and O–H groups in total. The number of carbonyl (C=O) groups is 2. The summed E-state index contributed by atoms with van der Waals surface area (Å²) in [5.41, 5.74) is 1.24. The topological polar surface area (TPSA) is 93.3 Å². The predicted octanol–water partition coefficient (Wildman–Crippen LogP) is 2.41. The van der Waals surface area contributed by atoms with Gasteiger partial charge in [-0.3, -0.25) is 14.3 Å². The van der Waals surface area contributed by atoms with Crippen LogP contribution in [-0.4, -0.2) is 50.6 Å². The summed E-state index contributed by atoms with van der Waals surface area (Å²) in [4.78, 5) is 32.3. The smallest absolute Gasteiger partial charge is 0.254 e. The summed E-state index contributed by atoms with van der Waals surface area (Å²) < 4.78 is 7.33. The fourth-order valence-corrected chi connectivity index (χ4v) is 4.08. The quantitative estimate of drug-likeness (QED) is 0.693. The number of thiophene rings is 1. The molecule has 8 nitrogen and oxygen atoms in total. The lowest BCUT2D eigenvalue weighted by Gasteiger charge is -2.32. The Balaban J connectivity index is 1.30. The maximum atomic E-state index is 12.7. The number of hydrogen-bond acceptors (Lipinski definition) is 6. The lowest BCUT2D eigenvalue weighted by molar-refractivity contribution is -0.131. The van der Waals surface area contributed by atoms with Crippen LogP contribution >= 0.6 is 11.3 Å².